The number of hydrogen-bond acceptors (Lipinski definition) is 5. The smallest absolute Gasteiger partial charge is 0.319 e. The van der Waals surface area contributed by atoms with Gasteiger partial charge in [-0.2, -0.15) is 0 Å². The number of hydrogen-bond donors (Lipinski definition) is 2. The molecule has 0 saturated carbocycles. The Hall–Kier alpha value is -2.90. The second-order valence-electron chi connectivity index (χ2n) is 6.10. The lowest BCUT2D eigenvalue weighted by molar-refractivity contribution is 0.244. The molecule has 0 fully saturated rings. The second-order valence-corrected chi connectivity index (χ2v) is 7.08. The number of thiophene rings is 1. The van der Waals surface area contributed by atoms with Gasteiger partial charge in [0.15, 0.2) is 0 Å². The van der Waals surface area contributed by atoms with Crippen molar-refractivity contribution < 1.29 is 9.53 Å². The fourth-order valence-corrected chi connectivity index (χ4v) is 3.46. The third-order valence-corrected chi connectivity index (χ3v) is 4.90. The predicted octanol–water partition coefficient (Wildman–Crippen LogP) is 4.36. The summed E-state index contributed by atoms with van der Waals surface area (Å²) >= 11 is 1.68. The second kappa shape index (κ2) is 9.16. The van der Waals surface area contributed by atoms with Crippen molar-refractivity contribution >= 4 is 23.1 Å². The van der Waals surface area contributed by atoms with Crippen LogP contribution in [0.5, 0.6) is 11.6 Å². The molecule has 0 radical (unpaired) electrons. The molecule has 2 heterocycles. The van der Waals surface area contributed by atoms with E-state index in [1.165, 1.54) is 4.88 Å². The molecule has 27 heavy (non-hydrogen) atoms. The number of rotatable bonds is 7. The number of benzene rings is 1. The van der Waals surface area contributed by atoms with E-state index >= 15 is 0 Å². The van der Waals surface area contributed by atoms with E-state index in [1.54, 1.807) is 29.7 Å². The van der Waals surface area contributed by atoms with Gasteiger partial charge in [0.1, 0.15) is 11.4 Å². The SMILES string of the molecule is CN(C)C(CNC(=O)Nc1cccnc1Oc1ccccc1)c1cccs1. The molecule has 0 aliphatic heterocycles. The molecule has 140 valence electrons. The number of ether oxygens (including phenoxy) is 1. The Kier molecular flexibility index (Phi) is 6.40. The number of likely N-dealkylation sites (N-methyl/N-ethyl adjacent to an activating group) is 1. The van der Waals surface area contributed by atoms with Crippen molar-refractivity contribution in [2.45, 2.75) is 6.04 Å². The van der Waals surface area contributed by atoms with Crippen LogP contribution in [0, 0.1) is 0 Å². The van der Waals surface area contributed by atoms with Crippen molar-refractivity contribution in [3.8, 4) is 11.6 Å². The number of urea groups is 1. The first kappa shape index (κ1) is 18.9. The summed E-state index contributed by atoms with van der Waals surface area (Å²) in [6.07, 6.45) is 1.63. The molecule has 0 aliphatic carbocycles. The average Bonchev–Trinajstić information content (AvgIpc) is 3.18. The minimum absolute atomic E-state index is 0.115. The first-order valence-electron chi connectivity index (χ1n) is 8.56. The first-order chi connectivity index (χ1) is 13.1. The molecule has 2 N–H and O–H groups in total. The van der Waals surface area contributed by atoms with Crippen LogP contribution in [0.1, 0.15) is 10.9 Å². The van der Waals surface area contributed by atoms with Gasteiger partial charge in [0.25, 0.3) is 0 Å². The fraction of sp³-hybridized carbons (Fsp3) is 0.200. The molecule has 1 unspecified atom stereocenters. The van der Waals surface area contributed by atoms with Crippen LogP contribution in [-0.4, -0.2) is 36.6 Å². The molecule has 1 atom stereocenters. The summed E-state index contributed by atoms with van der Waals surface area (Å²) < 4.78 is 5.77. The van der Waals surface area contributed by atoms with Crippen LogP contribution in [0.4, 0.5) is 10.5 Å². The van der Waals surface area contributed by atoms with E-state index in [9.17, 15) is 4.79 Å². The third-order valence-electron chi connectivity index (χ3n) is 3.93. The van der Waals surface area contributed by atoms with Crippen LogP contribution in [0.25, 0.3) is 0 Å². The van der Waals surface area contributed by atoms with Gasteiger partial charge in [-0.1, -0.05) is 24.3 Å². The molecule has 0 aliphatic rings. The van der Waals surface area contributed by atoms with Crippen LogP contribution in [0.15, 0.2) is 66.2 Å². The van der Waals surface area contributed by atoms with E-state index in [4.69, 9.17) is 4.74 Å². The summed E-state index contributed by atoms with van der Waals surface area (Å²) in [4.78, 5) is 19.9. The van der Waals surface area contributed by atoms with Crippen LogP contribution >= 0.6 is 11.3 Å². The van der Waals surface area contributed by atoms with Crippen molar-refractivity contribution in [1.29, 1.82) is 0 Å². The molecule has 1 aromatic carbocycles. The number of aromatic nitrogens is 1. The van der Waals surface area contributed by atoms with Crippen molar-refractivity contribution in [2.75, 3.05) is 26.0 Å². The molecule has 0 spiro atoms. The van der Waals surface area contributed by atoms with Crippen LogP contribution < -0.4 is 15.4 Å². The number of amides is 2. The zero-order valence-corrected chi connectivity index (χ0v) is 16.1. The van der Waals surface area contributed by atoms with E-state index in [2.05, 4.69) is 26.6 Å². The van der Waals surface area contributed by atoms with Gasteiger partial charge in [-0.25, -0.2) is 9.78 Å². The lowest BCUT2D eigenvalue weighted by Gasteiger charge is -2.23. The monoisotopic (exact) mass is 382 g/mol. The van der Waals surface area contributed by atoms with Crippen molar-refractivity contribution in [3.63, 3.8) is 0 Å². The highest BCUT2D eigenvalue weighted by Crippen LogP contribution is 2.26. The molecule has 2 amide bonds. The molecule has 0 saturated heterocycles. The molecular weight excluding hydrogens is 360 g/mol. The normalized spacial score (nSPS) is 11.8. The summed E-state index contributed by atoms with van der Waals surface area (Å²) in [5.41, 5.74) is 0.511. The first-order valence-corrected chi connectivity index (χ1v) is 9.44. The summed E-state index contributed by atoms with van der Waals surface area (Å²) in [7, 11) is 3.99. The highest BCUT2D eigenvalue weighted by molar-refractivity contribution is 7.10. The number of carbonyl (C=O) groups excluding carboxylic acids is 1. The number of para-hydroxylation sites is 1. The lowest BCUT2D eigenvalue weighted by Crippen LogP contribution is -2.36. The largest absolute Gasteiger partial charge is 0.437 e. The van der Waals surface area contributed by atoms with Gasteiger partial charge in [0.05, 0.1) is 6.04 Å². The lowest BCUT2D eigenvalue weighted by atomic mass is 10.2. The Morgan fingerprint density at radius 2 is 1.96 bits per heavy atom. The molecule has 7 heteroatoms. The van der Waals surface area contributed by atoms with Crippen LogP contribution in [-0.2, 0) is 0 Å². The van der Waals surface area contributed by atoms with Gasteiger partial charge in [0.2, 0.25) is 5.88 Å². The summed E-state index contributed by atoms with van der Waals surface area (Å²) in [6.45, 7) is 0.495. The van der Waals surface area contributed by atoms with Gasteiger partial charge in [-0.3, -0.25) is 0 Å². The van der Waals surface area contributed by atoms with Crippen LogP contribution in [0.3, 0.4) is 0 Å². The van der Waals surface area contributed by atoms with Gasteiger partial charge in [0, 0.05) is 17.6 Å². The van der Waals surface area contributed by atoms with E-state index in [1.807, 2.05) is 55.9 Å². The number of carbonyl (C=O) groups is 1. The van der Waals surface area contributed by atoms with Gasteiger partial charge in [-0.05, 0) is 49.8 Å². The third kappa shape index (κ3) is 5.29. The van der Waals surface area contributed by atoms with Crippen LogP contribution in [0.2, 0.25) is 0 Å². The van der Waals surface area contributed by atoms with Crippen molar-refractivity contribution in [3.05, 3.63) is 71.1 Å². The number of pyridine rings is 1. The molecule has 6 nitrogen and oxygen atoms in total. The van der Waals surface area contributed by atoms with Gasteiger partial charge < -0.3 is 20.3 Å². The summed E-state index contributed by atoms with van der Waals surface area (Å²) in [5.74, 6) is 1.01. The standard InChI is InChI=1S/C20H22N4O2S/c1-24(2)17(18-11-7-13-27-18)14-22-20(25)23-16-10-6-12-21-19(16)26-15-8-4-3-5-9-15/h3-13,17H,14H2,1-2H3,(H2,22,23,25). The summed E-state index contributed by atoms with van der Waals surface area (Å²) in [6, 6.07) is 16.7. The Labute approximate surface area is 162 Å². The van der Waals surface area contributed by atoms with E-state index in [0.717, 1.165) is 0 Å². The van der Waals surface area contributed by atoms with Gasteiger partial charge in [-0.15, -0.1) is 11.3 Å². The zero-order valence-electron chi connectivity index (χ0n) is 15.3. The molecule has 0 bridgehead atoms. The molecule has 3 rings (SSSR count). The highest BCUT2D eigenvalue weighted by atomic mass is 32.1. The Balaban J connectivity index is 1.62. The maximum absolute atomic E-state index is 12.4. The number of nitrogens with one attached hydrogen (secondary N) is 2. The zero-order chi connectivity index (χ0) is 19.1. The van der Waals surface area contributed by atoms with E-state index in [0.29, 0.717) is 23.9 Å². The van der Waals surface area contributed by atoms with Gasteiger partial charge >= 0.3 is 6.03 Å². The maximum atomic E-state index is 12.4. The Morgan fingerprint density at radius 1 is 1.15 bits per heavy atom. The molecular formula is C20H22N4O2S. The molecule has 3 aromatic rings. The highest BCUT2D eigenvalue weighted by Gasteiger charge is 2.17. The topological polar surface area (TPSA) is 66.5 Å². The maximum Gasteiger partial charge on any atom is 0.319 e. The Bertz CT molecular complexity index is 853. The quantitative estimate of drug-likeness (QED) is 0.637. The van der Waals surface area contributed by atoms with E-state index in [-0.39, 0.29) is 12.1 Å². The predicted molar refractivity (Wildman–Crippen MR) is 109 cm³/mol. The fourth-order valence-electron chi connectivity index (χ4n) is 2.54. The molecule has 2 aromatic heterocycles. The van der Waals surface area contributed by atoms with Crippen molar-refractivity contribution in [2.24, 2.45) is 0 Å². The average molecular weight is 382 g/mol. The number of nitrogens with zero attached hydrogens (tertiary/aromatic N) is 2. The van der Waals surface area contributed by atoms with Crippen molar-refractivity contribution in [1.82, 2.24) is 15.2 Å². The Morgan fingerprint density at radius 3 is 2.67 bits per heavy atom. The van der Waals surface area contributed by atoms with E-state index < -0.39 is 0 Å². The number of anilines is 1. The minimum Gasteiger partial charge on any atom is -0.437 e. The summed E-state index contributed by atoms with van der Waals surface area (Å²) in [5, 5.41) is 7.78. The minimum atomic E-state index is -0.302.